The first-order chi connectivity index (χ1) is 9.63. The lowest BCUT2D eigenvalue weighted by Gasteiger charge is -2.32. The van der Waals surface area contributed by atoms with E-state index >= 15 is 0 Å². The Hall–Kier alpha value is -1.33. The number of benzene rings is 1. The van der Waals surface area contributed by atoms with Crippen LogP contribution in [0.3, 0.4) is 0 Å². The van der Waals surface area contributed by atoms with Gasteiger partial charge in [-0.25, -0.2) is 4.39 Å². The Labute approximate surface area is 131 Å². The quantitative estimate of drug-likeness (QED) is 0.924. The number of nitrogens with zero attached hydrogens (tertiary/aromatic N) is 1. The third-order valence-corrected chi connectivity index (χ3v) is 3.75. The summed E-state index contributed by atoms with van der Waals surface area (Å²) in [5.74, 6) is -0.173. The Kier molecular flexibility index (Phi) is 6.92. The molecule has 1 atom stereocenters. The van der Waals surface area contributed by atoms with E-state index in [1.165, 1.54) is 13.2 Å². The molecule has 1 N–H and O–H groups in total. The van der Waals surface area contributed by atoms with E-state index in [4.69, 9.17) is 4.74 Å². The Morgan fingerprint density at radius 1 is 1.52 bits per heavy atom. The van der Waals surface area contributed by atoms with Gasteiger partial charge in [-0.05, 0) is 37.6 Å². The number of rotatable bonds is 4. The minimum absolute atomic E-state index is 0. The van der Waals surface area contributed by atoms with Gasteiger partial charge in [-0.3, -0.25) is 4.79 Å². The molecule has 0 saturated carbocycles. The summed E-state index contributed by atoms with van der Waals surface area (Å²) in [6.07, 6.45) is 2.34. The molecule has 21 heavy (non-hydrogen) atoms. The zero-order chi connectivity index (χ0) is 14.5. The normalized spacial score (nSPS) is 18.0. The molecular formula is C15H22ClFN2O2. The van der Waals surface area contributed by atoms with E-state index < -0.39 is 5.82 Å². The highest BCUT2D eigenvalue weighted by Gasteiger charge is 2.22. The van der Waals surface area contributed by atoms with Crippen molar-refractivity contribution in [3.8, 4) is 5.75 Å². The molecule has 0 spiro atoms. The van der Waals surface area contributed by atoms with Crippen LogP contribution in [0.1, 0.15) is 18.4 Å². The van der Waals surface area contributed by atoms with Gasteiger partial charge in [-0.15, -0.1) is 12.4 Å². The summed E-state index contributed by atoms with van der Waals surface area (Å²) < 4.78 is 18.5. The van der Waals surface area contributed by atoms with Crippen LogP contribution in [0.4, 0.5) is 4.39 Å². The van der Waals surface area contributed by atoms with Crippen molar-refractivity contribution in [1.82, 2.24) is 10.2 Å². The van der Waals surface area contributed by atoms with Gasteiger partial charge in [-0.2, -0.15) is 0 Å². The van der Waals surface area contributed by atoms with Crippen LogP contribution in [0.5, 0.6) is 5.75 Å². The Morgan fingerprint density at radius 2 is 2.29 bits per heavy atom. The molecule has 0 radical (unpaired) electrons. The number of nitrogens with one attached hydrogen (secondary N) is 1. The minimum Gasteiger partial charge on any atom is -0.494 e. The summed E-state index contributed by atoms with van der Waals surface area (Å²) in [7, 11) is 3.34. The SMILES string of the molecule is CNC1CCCN(C(=O)Cc2ccc(OC)c(F)c2)C1.Cl. The van der Waals surface area contributed by atoms with Crippen LogP contribution < -0.4 is 10.1 Å². The molecule has 1 amide bonds. The van der Waals surface area contributed by atoms with Gasteiger partial charge in [0.15, 0.2) is 11.6 Å². The molecule has 1 heterocycles. The van der Waals surface area contributed by atoms with Gasteiger partial charge in [0.05, 0.1) is 13.5 Å². The number of carbonyl (C=O) groups excluding carboxylic acids is 1. The van der Waals surface area contributed by atoms with Crippen molar-refractivity contribution >= 4 is 18.3 Å². The molecule has 1 fully saturated rings. The molecule has 6 heteroatoms. The van der Waals surface area contributed by atoms with Crippen LogP contribution >= 0.6 is 12.4 Å². The fraction of sp³-hybridized carbons (Fsp3) is 0.533. The highest BCUT2D eigenvalue weighted by molar-refractivity contribution is 5.85. The van der Waals surface area contributed by atoms with Gasteiger partial charge >= 0.3 is 0 Å². The molecule has 1 aliphatic rings. The second-order valence-corrected chi connectivity index (χ2v) is 5.11. The molecule has 1 aromatic carbocycles. The molecule has 1 unspecified atom stereocenters. The molecule has 0 aliphatic carbocycles. The average molecular weight is 317 g/mol. The number of ether oxygens (including phenoxy) is 1. The standard InChI is InChI=1S/C15H21FN2O2.ClH/c1-17-12-4-3-7-18(10-12)15(19)9-11-5-6-14(20-2)13(16)8-11;/h5-6,8,12,17H,3-4,7,9-10H2,1-2H3;1H. The maximum Gasteiger partial charge on any atom is 0.227 e. The van der Waals surface area contributed by atoms with Crippen molar-refractivity contribution in [2.75, 3.05) is 27.2 Å². The van der Waals surface area contributed by atoms with Crippen LogP contribution in [0.25, 0.3) is 0 Å². The highest BCUT2D eigenvalue weighted by atomic mass is 35.5. The smallest absolute Gasteiger partial charge is 0.227 e. The van der Waals surface area contributed by atoms with E-state index in [0.29, 0.717) is 11.6 Å². The average Bonchev–Trinajstić information content (AvgIpc) is 2.47. The number of methoxy groups -OCH3 is 1. The predicted octanol–water partition coefficient (Wildman–Crippen LogP) is 2.01. The fourth-order valence-corrected chi connectivity index (χ4v) is 2.55. The highest BCUT2D eigenvalue weighted by Crippen LogP contribution is 2.19. The van der Waals surface area contributed by atoms with E-state index in [9.17, 15) is 9.18 Å². The van der Waals surface area contributed by atoms with Gasteiger partial charge < -0.3 is 15.0 Å². The number of hydrogen-bond acceptors (Lipinski definition) is 3. The van der Waals surface area contributed by atoms with Crippen molar-refractivity contribution in [1.29, 1.82) is 0 Å². The van der Waals surface area contributed by atoms with Crippen molar-refractivity contribution in [2.45, 2.75) is 25.3 Å². The van der Waals surface area contributed by atoms with Crippen LogP contribution in [0, 0.1) is 5.82 Å². The zero-order valence-corrected chi connectivity index (χ0v) is 13.2. The molecule has 0 bridgehead atoms. The molecule has 2 rings (SSSR count). The molecule has 1 saturated heterocycles. The summed E-state index contributed by atoms with van der Waals surface area (Å²) in [5.41, 5.74) is 0.680. The predicted molar refractivity (Wildman–Crippen MR) is 82.6 cm³/mol. The van der Waals surface area contributed by atoms with Crippen LogP contribution in [0.2, 0.25) is 0 Å². The number of hydrogen-bond donors (Lipinski definition) is 1. The molecular weight excluding hydrogens is 295 g/mol. The molecule has 1 aliphatic heterocycles. The largest absolute Gasteiger partial charge is 0.494 e. The van der Waals surface area contributed by atoms with Gasteiger partial charge in [0.25, 0.3) is 0 Å². The molecule has 0 aromatic heterocycles. The second kappa shape index (κ2) is 8.20. The van der Waals surface area contributed by atoms with E-state index in [2.05, 4.69) is 5.32 Å². The summed E-state index contributed by atoms with van der Waals surface area (Å²) in [4.78, 5) is 14.1. The van der Waals surface area contributed by atoms with Crippen LogP contribution in [0.15, 0.2) is 18.2 Å². The number of likely N-dealkylation sites (tertiary alicyclic amines) is 1. The van der Waals surface area contributed by atoms with Crippen molar-refractivity contribution < 1.29 is 13.9 Å². The van der Waals surface area contributed by atoms with E-state index in [-0.39, 0.29) is 30.5 Å². The fourth-order valence-electron chi connectivity index (χ4n) is 2.55. The Bertz CT molecular complexity index is 485. The zero-order valence-electron chi connectivity index (χ0n) is 12.4. The molecule has 118 valence electrons. The van der Waals surface area contributed by atoms with Gasteiger partial charge in [-0.1, -0.05) is 6.07 Å². The van der Waals surface area contributed by atoms with Crippen molar-refractivity contribution in [2.24, 2.45) is 0 Å². The van der Waals surface area contributed by atoms with Crippen molar-refractivity contribution in [3.63, 3.8) is 0 Å². The first-order valence-corrected chi connectivity index (χ1v) is 6.91. The number of halogens is 2. The van der Waals surface area contributed by atoms with Crippen LogP contribution in [-0.4, -0.2) is 44.1 Å². The number of likely N-dealkylation sites (N-methyl/N-ethyl adjacent to an activating group) is 1. The maximum absolute atomic E-state index is 13.6. The second-order valence-electron chi connectivity index (χ2n) is 5.11. The van der Waals surface area contributed by atoms with Gasteiger partial charge in [0, 0.05) is 19.1 Å². The third kappa shape index (κ3) is 4.58. The Balaban J connectivity index is 0.00000220. The lowest BCUT2D eigenvalue weighted by Crippen LogP contribution is -2.47. The summed E-state index contributed by atoms with van der Waals surface area (Å²) in [6, 6.07) is 5.03. The first-order valence-electron chi connectivity index (χ1n) is 6.91. The maximum atomic E-state index is 13.6. The minimum atomic E-state index is -0.426. The number of piperidine rings is 1. The lowest BCUT2D eigenvalue weighted by molar-refractivity contribution is -0.131. The first kappa shape index (κ1) is 17.7. The number of carbonyl (C=O) groups is 1. The molecule has 1 aromatic rings. The molecule has 4 nitrogen and oxygen atoms in total. The van der Waals surface area contributed by atoms with E-state index in [0.717, 1.165) is 25.9 Å². The topological polar surface area (TPSA) is 41.6 Å². The van der Waals surface area contributed by atoms with Gasteiger partial charge in [0.2, 0.25) is 5.91 Å². The van der Waals surface area contributed by atoms with E-state index in [1.807, 2.05) is 11.9 Å². The number of amides is 1. The third-order valence-electron chi connectivity index (χ3n) is 3.75. The van der Waals surface area contributed by atoms with Gasteiger partial charge in [0.1, 0.15) is 0 Å². The monoisotopic (exact) mass is 316 g/mol. The summed E-state index contributed by atoms with van der Waals surface area (Å²) >= 11 is 0. The Morgan fingerprint density at radius 3 is 2.90 bits per heavy atom. The summed E-state index contributed by atoms with van der Waals surface area (Å²) in [6.45, 7) is 1.52. The van der Waals surface area contributed by atoms with Crippen LogP contribution in [-0.2, 0) is 11.2 Å². The summed E-state index contributed by atoms with van der Waals surface area (Å²) in [5, 5.41) is 3.21. The van der Waals surface area contributed by atoms with E-state index in [1.54, 1.807) is 12.1 Å². The van der Waals surface area contributed by atoms with Crippen molar-refractivity contribution in [3.05, 3.63) is 29.6 Å². The lowest BCUT2D eigenvalue weighted by atomic mass is 10.0.